The number of aliphatic carboxylic acids is 1. The average molecular weight is 281 g/mol. The lowest BCUT2D eigenvalue weighted by Crippen LogP contribution is -2.44. The summed E-state index contributed by atoms with van der Waals surface area (Å²) in [5, 5.41) is 13.4. The van der Waals surface area contributed by atoms with Crippen LogP contribution in [0.25, 0.3) is 0 Å². The van der Waals surface area contributed by atoms with Crippen LogP contribution < -0.4 is 0 Å². The molecule has 2 rings (SSSR count). The average Bonchev–Trinajstić information content (AvgIpc) is 3.02. The Kier molecular flexibility index (Phi) is 4.08. The van der Waals surface area contributed by atoms with Crippen LogP contribution in [-0.2, 0) is 16.1 Å². The van der Waals surface area contributed by atoms with Gasteiger partial charge in [-0.15, -0.1) is 0 Å². The summed E-state index contributed by atoms with van der Waals surface area (Å²) in [6.45, 7) is 4.71. The Morgan fingerprint density at radius 2 is 2.25 bits per heavy atom. The molecule has 1 N–H and O–H groups in total. The van der Waals surface area contributed by atoms with E-state index in [1.807, 2.05) is 13.8 Å². The van der Waals surface area contributed by atoms with Gasteiger partial charge in [-0.25, -0.2) is 0 Å². The molecule has 1 amide bonds. The Bertz CT molecular complexity index is 526. The molecular formula is C13H19N3O4. The molecule has 0 aliphatic carbocycles. The second-order valence-electron chi connectivity index (χ2n) is 4.95. The number of ether oxygens (including phenoxy) is 1. The third-order valence-electron chi connectivity index (χ3n) is 3.61. The van der Waals surface area contributed by atoms with E-state index in [1.165, 1.54) is 4.90 Å². The summed E-state index contributed by atoms with van der Waals surface area (Å²) in [7, 11) is 1.61. The zero-order valence-corrected chi connectivity index (χ0v) is 11.9. The number of aromatic nitrogens is 2. The summed E-state index contributed by atoms with van der Waals surface area (Å²) < 4.78 is 6.83. The van der Waals surface area contributed by atoms with Crippen LogP contribution in [0.3, 0.4) is 0 Å². The molecule has 20 heavy (non-hydrogen) atoms. The lowest BCUT2D eigenvalue weighted by Gasteiger charge is -2.26. The normalized spacial score (nSPS) is 21.9. The molecule has 1 aliphatic heterocycles. The third kappa shape index (κ3) is 2.53. The first kappa shape index (κ1) is 14.5. The monoisotopic (exact) mass is 281 g/mol. The number of aryl methyl sites for hydroxylation is 2. The molecule has 0 bridgehead atoms. The van der Waals surface area contributed by atoms with Gasteiger partial charge in [0.25, 0.3) is 5.91 Å². The van der Waals surface area contributed by atoms with Crippen molar-refractivity contribution in [3.63, 3.8) is 0 Å². The van der Waals surface area contributed by atoms with Gasteiger partial charge in [0.05, 0.1) is 24.9 Å². The highest BCUT2D eigenvalue weighted by Crippen LogP contribution is 2.21. The van der Waals surface area contributed by atoms with Gasteiger partial charge in [0, 0.05) is 13.6 Å². The number of carboxylic acid groups (broad SMARTS) is 1. The van der Waals surface area contributed by atoms with E-state index in [0.717, 1.165) is 5.69 Å². The molecule has 0 saturated carbocycles. The molecule has 2 atom stereocenters. The second-order valence-corrected chi connectivity index (χ2v) is 4.95. The maximum absolute atomic E-state index is 12.5. The number of nitrogens with zero attached hydrogens (tertiary/aromatic N) is 3. The number of amides is 1. The highest BCUT2D eigenvalue weighted by atomic mass is 16.5. The van der Waals surface area contributed by atoms with Crippen molar-refractivity contribution in [1.82, 2.24) is 14.7 Å². The second kappa shape index (κ2) is 5.62. The fourth-order valence-corrected chi connectivity index (χ4v) is 2.45. The molecule has 2 heterocycles. The fourth-order valence-electron chi connectivity index (χ4n) is 2.45. The Hall–Kier alpha value is -1.89. The van der Waals surface area contributed by atoms with Crippen molar-refractivity contribution in [2.24, 2.45) is 5.92 Å². The van der Waals surface area contributed by atoms with Crippen molar-refractivity contribution in [3.8, 4) is 0 Å². The molecule has 1 aromatic rings. The van der Waals surface area contributed by atoms with E-state index in [1.54, 1.807) is 17.8 Å². The quantitative estimate of drug-likeness (QED) is 0.862. The largest absolute Gasteiger partial charge is 0.481 e. The van der Waals surface area contributed by atoms with Gasteiger partial charge in [-0.3, -0.25) is 14.3 Å². The number of carbonyl (C=O) groups excluding carboxylic acids is 1. The molecule has 7 heteroatoms. The van der Waals surface area contributed by atoms with Crippen molar-refractivity contribution in [3.05, 3.63) is 17.5 Å². The van der Waals surface area contributed by atoms with Crippen molar-refractivity contribution in [2.45, 2.75) is 26.4 Å². The fraction of sp³-hybridized carbons (Fsp3) is 0.615. The van der Waals surface area contributed by atoms with Crippen LogP contribution in [0.1, 0.15) is 23.1 Å². The smallest absolute Gasteiger partial charge is 0.311 e. The third-order valence-corrected chi connectivity index (χ3v) is 3.61. The number of rotatable bonds is 4. The highest BCUT2D eigenvalue weighted by molar-refractivity contribution is 5.93. The molecule has 0 aromatic carbocycles. The van der Waals surface area contributed by atoms with E-state index >= 15 is 0 Å². The maximum atomic E-state index is 12.5. The van der Waals surface area contributed by atoms with E-state index in [0.29, 0.717) is 12.2 Å². The summed E-state index contributed by atoms with van der Waals surface area (Å²) in [6, 6.07) is 1.27. The predicted octanol–water partition coefficient (Wildman–Crippen LogP) is 0.383. The van der Waals surface area contributed by atoms with Crippen molar-refractivity contribution >= 4 is 11.9 Å². The summed E-state index contributed by atoms with van der Waals surface area (Å²) in [4.78, 5) is 25.1. The van der Waals surface area contributed by atoms with Gasteiger partial charge in [0.1, 0.15) is 11.6 Å². The first-order chi connectivity index (χ1) is 9.45. The Labute approximate surface area is 117 Å². The van der Waals surface area contributed by atoms with Crippen LogP contribution in [0, 0.1) is 12.8 Å². The van der Waals surface area contributed by atoms with Gasteiger partial charge in [-0.2, -0.15) is 5.10 Å². The van der Waals surface area contributed by atoms with Crippen molar-refractivity contribution < 1.29 is 19.4 Å². The minimum Gasteiger partial charge on any atom is -0.481 e. The molecule has 0 radical (unpaired) electrons. The maximum Gasteiger partial charge on any atom is 0.311 e. The van der Waals surface area contributed by atoms with Gasteiger partial charge in [-0.05, 0) is 19.9 Å². The van der Waals surface area contributed by atoms with Crippen LogP contribution in [0.2, 0.25) is 0 Å². The zero-order valence-electron chi connectivity index (χ0n) is 11.9. The molecule has 0 spiro atoms. The summed E-state index contributed by atoms with van der Waals surface area (Å²) in [6.07, 6.45) is 0. The highest BCUT2D eigenvalue weighted by Gasteiger charge is 2.39. The van der Waals surface area contributed by atoms with Gasteiger partial charge in [-0.1, -0.05) is 0 Å². The lowest BCUT2D eigenvalue weighted by atomic mass is 10.0. The van der Waals surface area contributed by atoms with E-state index in [4.69, 9.17) is 9.84 Å². The number of hydrogen-bond acceptors (Lipinski definition) is 4. The number of carboxylic acids is 1. The van der Waals surface area contributed by atoms with E-state index in [-0.39, 0.29) is 19.1 Å². The standard InChI is InChI=1S/C13H19N3O4/c1-4-16-10(5-8(2)14-16)12(17)15(3)11-7-20-6-9(11)13(18)19/h5,9,11H,4,6-7H2,1-3H3,(H,18,19). The van der Waals surface area contributed by atoms with E-state index in [9.17, 15) is 9.59 Å². The Morgan fingerprint density at radius 1 is 1.55 bits per heavy atom. The minimum atomic E-state index is -0.938. The van der Waals surface area contributed by atoms with Gasteiger partial charge in [0.15, 0.2) is 0 Å². The van der Waals surface area contributed by atoms with Crippen LogP contribution in [0.5, 0.6) is 0 Å². The molecular weight excluding hydrogens is 262 g/mol. The molecule has 7 nitrogen and oxygen atoms in total. The summed E-state index contributed by atoms with van der Waals surface area (Å²) in [5.41, 5.74) is 1.24. The van der Waals surface area contributed by atoms with Crippen molar-refractivity contribution in [2.75, 3.05) is 20.3 Å². The van der Waals surface area contributed by atoms with E-state index < -0.39 is 17.9 Å². The molecule has 1 saturated heterocycles. The first-order valence-electron chi connectivity index (χ1n) is 6.57. The zero-order chi connectivity index (χ0) is 14.9. The Morgan fingerprint density at radius 3 is 2.85 bits per heavy atom. The van der Waals surface area contributed by atoms with E-state index in [2.05, 4.69) is 5.10 Å². The van der Waals surface area contributed by atoms with Crippen molar-refractivity contribution in [1.29, 1.82) is 0 Å². The summed E-state index contributed by atoms with van der Waals surface area (Å²) >= 11 is 0. The molecule has 1 aliphatic rings. The van der Waals surface area contributed by atoms with Crippen LogP contribution in [0.4, 0.5) is 0 Å². The predicted molar refractivity (Wildman–Crippen MR) is 70.5 cm³/mol. The lowest BCUT2D eigenvalue weighted by molar-refractivity contribution is -0.142. The molecule has 1 fully saturated rings. The van der Waals surface area contributed by atoms with Crippen LogP contribution in [-0.4, -0.2) is 58.0 Å². The number of carbonyl (C=O) groups is 2. The molecule has 110 valence electrons. The van der Waals surface area contributed by atoms with Gasteiger partial charge in [0.2, 0.25) is 0 Å². The van der Waals surface area contributed by atoms with Crippen LogP contribution in [0.15, 0.2) is 6.07 Å². The topological polar surface area (TPSA) is 84.7 Å². The first-order valence-corrected chi connectivity index (χ1v) is 6.57. The van der Waals surface area contributed by atoms with Gasteiger partial charge >= 0.3 is 5.97 Å². The number of hydrogen-bond donors (Lipinski definition) is 1. The molecule has 1 aromatic heterocycles. The Balaban J connectivity index is 2.21. The number of likely N-dealkylation sites (N-methyl/N-ethyl adjacent to an activating group) is 1. The molecule has 2 unspecified atom stereocenters. The minimum absolute atomic E-state index is 0.143. The summed E-state index contributed by atoms with van der Waals surface area (Å²) in [5.74, 6) is -1.84. The van der Waals surface area contributed by atoms with Crippen LogP contribution >= 0.6 is 0 Å². The SMILES string of the molecule is CCn1nc(C)cc1C(=O)N(C)C1COCC1C(=O)O. The van der Waals surface area contributed by atoms with Gasteiger partial charge < -0.3 is 14.7 Å².